The molecule has 0 aliphatic carbocycles. The Morgan fingerprint density at radius 3 is 1.80 bits per heavy atom. The van der Waals surface area contributed by atoms with E-state index in [0.717, 1.165) is 9.50 Å². The average Bonchev–Trinajstić information content (AvgIpc) is 2.00. The number of hydrazine groups is 1. The van der Waals surface area contributed by atoms with Crippen LogP contribution in [-0.2, 0) is 0 Å². The maximum Gasteiger partial charge on any atom is 0.0406 e. The predicted octanol–water partition coefficient (Wildman–Crippen LogP) is 1.92. The van der Waals surface area contributed by atoms with Gasteiger partial charge in [0.1, 0.15) is 0 Å². The molecule has 1 aromatic rings. The number of rotatable bonds is 0. The molecule has 0 unspecified atom stereocenters. The normalized spacial score (nSPS) is 8.00. The van der Waals surface area contributed by atoms with Gasteiger partial charge in [0, 0.05) is 9.50 Å². The summed E-state index contributed by atoms with van der Waals surface area (Å²) in [7, 11) is 0. The largest absolute Gasteiger partial charge is 0.274 e. The maximum absolute atomic E-state index is 5.59. The Hall–Kier alpha value is -0.0900. The lowest BCUT2D eigenvalue weighted by molar-refractivity contribution is 1.26. The van der Waals surface area contributed by atoms with Crippen molar-refractivity contribution < 1.29 is 0 Å². The highest BCUT2D eigenvalue weighted by Crippen LogP contribution is 2.13. The molecule has 0 saturated carbocycles. The number of halogens is 2. The van der Waals surface area contributed by atoms with Crippen LogP contribution in [0.1, 0.15) is 0 Å². The van der Waals surface area contributed by atoms with Crippen LogP contribution in [0, 0.1) is 0 Å². The second-order valence-electron chi connectivity index (χ2n) is 1.44. The van der Waals surface area contributed by atoms with Crippen LogP contribution in [0.4, 0.5) is 0 Å². The number of benzene rings is 1. The molecule has 4 N–H and O–H groups in total. The fraction of sp³-hybridized carbons (Fsp3) is 0. The van der Waals surface area contributed by atoms with Gasteiger partial charge in [-0.25, -0.2) is 0 Å². The van der Waals surface area contributed by atoms with Crippen LogP contribution in [0.3, 0.4) is 0 Å². The van der Waals surface area contributed by atoms with E-state index in [-0.39, 0.29) is 0 Å². The van der Waals surface area contributed by atoms with Crippen LogP contribution < -0.4 is 11.7 Å². The fourth-order valence-electron chi connectivity index (χ4n) is 0.430. The first kappa shape index (κ1) is 9.91. The van der Waals surface area contributed by atoms with Gasteiger partial charge in [0.05, 0.1) is 0 Å². The summed E-state index contributed by atoms with van der Waals surface area (Å²) in [5.41, 5.74) is 0. The van der Waals surface area contributed by atoms with Crippen LogP contribution in [0.15, 0.2) is 28.7 Å². The van der Waals surface area contributed by atoms with Crippen LogP contribution in [-0.4, -0.2) is 0 Å². The summed E-state index contributed by atoms with van der Waals surface area (Å²) in [5.74, 6) is 8.00. The Morgan fingerprint density at radius 2 is 1.50 bits per heavy atom. The third-order valence-corrected chi connectivity index (χ3v) is 1.58. The van der Waals surface area contributed by atoms with Gasteiger partial charge in [-0.2, -0.15) is 0 Å². The van der Waals surface area contributed by atoms with Crippen molar-refractivity contribution in [1.82, 2.24) is 0 Å². The molecule has 0 aliphatic heterocycles. The predicted molar refractivity (Wildman–Crippen MR) is 47.5 cm³/mol. The monoisotopic (exact) mass is 222 g/mol. The summed E-state index contributed by atoms with van der Waals surface area (Å²) in [4.78, 5) is 0. The molecule has 56 valence electrons. The van der Waals surface area contributed by atoms with Gasteiger partial charge in [0.2, 0.25) is 0 Å². The summed E-state index contributed by atoms with van der Waals surface area (Å²) in [5, 5.41) is 0.771. The molecular formula is C6H8BrClN2. The van der Waals surface area contributed by atoms with Gasteiger partial charge in [-0.15, -0.1) is 0 Å². The third kappa shape index (κ3) is 3.85. The number of hydrogen-bond acceptors (Lipinski definition) is 2. The molecule has 0 aromatic heterocycles. The molecule has 10 heavy (non-hydrogen) atoms. The Balaban J connectivity index is 0.000000371. The highest BCUT2D eigenvalue weighted by Gasteiger charge is 1.83. The van der Waals surface area contributed by atoms with Gasteiger partial charge < -0.3 is 0 Å². The molecular weight excluding hydrogens is 215 g/mol. The maximum atomic E-state index is 5.59. The van der Waals surface area contributed by atoms with Gasteiger partial charge in [-0.3, -0.25) is 11.7 Å². The minimum atomic E-state index is 0.771. The molecule has 0 fully saturated rings. The number of nitrogens with two attached hydrogens (primary N) is 2. The van der Waals surface area contributed by atoms with E-state index in [1.54, 1.807) is 0 Å². The van der Waals surface area contributed by atoms with Gasteiger partial charge in [-0.1, -0.05) is 27.5 Å². The quantitative estimate of drug-likeness (QED) is 0.521. The van der Waals surface area contributed by atoms with Crippen LogP contribution >= 0.6 is 27.5 Å². The van der Waals surface area contributed by atoms with Crippen molar-refractivity contribution in [3.8, 4) is 0 Å². The SMILES string of the molecule is Clc1ccc(Br)cc1.NN. The molecule has 0 saturated heterocycles. The zero-order valence-electron chi connectivity index (χ0n) is 5.22. The molecule has 2 nitrogen and oxygen atoms in total. The summed E-state index contributed by atoms with van der Waals surface area (Å²) in [6.07, 6.45) is 0. The lowest BCUT2D eigenvalue weighted by Gasteiger charge is -1.86. The topological polar surface area (TPSA) is 52.0 Å². The molecule has 0 heterocycles. The molecule has 0 spiro atoms. The minimum Gasteiger partial charge on any atom is -0.274 e. The van der Waals surface area contributed by atoms with E-state index in [0.29, 0.717) is 0 Å². The second kappa shape index (κ2) is 5.68. The van der Waals surface area contributed by atoms with E-state index in [2.05, 4.69) is 27.6 Å². The standard InChI is InChI=1S/C6H4BrCl.H4N2/c7-5-1-3-6(8)4-2-5;1-2/h1-4H;1-2H2. The first-order chi connectivity index (χ1) is 4.79. The Kier molecular flexibility index (Phi) is 5.63. The average molecular weight is 224 g/mol. The highest BCUT2D eigenvalue weighted by atomic mass is 79.9. The van der Waals surface area contributed by atoms with Crippen molar-refractivity contribution in [2.75, 3.05) is 0 Å². The van der Waals surface area contributed by atoms with Crippen molar-refractivity contribution in [2.24, 2.45) is 11.7 Å². The van der Waals surface area contributed by atoms with Crippen molar-refractivity contribution in [1.29, 1.82) is 0 Å². The molecule has 0 amide bonds. The molecule has 0 atom stereocenters. The molecule has 0 aliphatic rings. The first-order valence-corrected chi connectivity index (χ1v) is 3.70. The zero-order valence-corrected chi connectivity index (χ0v) is 7.56. The second-order valence-corrected chi connectivity index (χ2v) is 2.79. The van der Waals surface area contributed by atoms with Gasteiger partial charge >= 0.3 is 0 Å². The van der Waals surface area contributed by atoms with Gasteiger partial charge in [0.25, 0.3) is 0 Å². The highest BCUT2D eigenvalue weighted by molar-refractivity contribution is 9.10. The molecule has 1 rings (SSSR count). The van der Waals surface area contributed by atoms with E-state index >= 15 is 0 Å². The fourth-order valence-corrected chi connectivity index (χ4v) is 0.820. The van der Waals surface area contributed by atoms with Gasteiger partial charge in [-0.05, 0) is 24.3 Å². The van der Waals surface area contributed by atoms with Gasteiger partial charge in [0.15, 0.2) is 0 Å². The van der Waals surface area contributed by atoms with Crippen LogP contribution in [0.25, 0.3) is 0 Å². The van der Waals surface area contributed by atoms with Crippen molar-refractivity contribution in [3.05, 3.63) is 33.8 Å². The van der Waals surface area contributed by atoms with Crippen molar-refractivity contribution in [3.63, 3.8) is 0 Å². The lowest BCUT2D eigenvalue weighted by atomic mass is 10.4. The Bertz CT molecular complexity index is 155. The number of hydrogen-bond donors (Lipinski definition) is 2. The Labute approximate surface area is 73.3 Å². The minimum absolute atomic E-state index is 0.771. The van der Waals surface area contributed by atoms with E-state index in [1.165, 1.54) is 0 Å². The molecule has 1 aromatic carbocycles. The smallest absolute Gasteiger partial charge is 0.0406 e. The summed E-state index contributed by atoms with van der Waals surface area (Å²) in [6, 6.07) is 7.49. The molecule has 4 heteroatoms. The Morgan fingerprint density at radius 1 is 1.10 bits per heavy atom. The third-order valence-electron chi connectivity index (χ3n) is 0.804. The lowest BCUT2D eigenvalue weighted by Crippen LogP contribution is -2.02. The zero-order chi connectivity index (χ0) is 7.98. The molecule has 0 radical (unpaired) electrons. The summed E-state index contributed by atoms with van der Waals surface area (Å²) in [6.45, 7) is 0. The summed E-state index contributed by atoms with van der Waals surface area (Å²) >= 11 is 8.88. The van der Waals surface area contributed by atoms with Crippen LogP contribution in [0.5, 0.6) is 0 Å². The van der Waals surface area contributed by atoms with Crippen LogP contribution in [0.2, 0.25) is 5.02 Å². The molecule has 0 bridgehead atoms. The van der Waals surface area contributed by atoms with E-state index in [4.69, 9.17) is 11.6 Å². The van der Waals surface area contributed by atoms with E-state index in [9.17, 15) is 0 Å². The van der Waals surface area contributed by atoms with E-state index < -0.39 is 0 Å². The summed E-state index contributed by atoms with van der Waals surface area (Å²) < 4.78 is 1.06. The van der Waals surface area contributed by atoms with E-state index in [1.807, 2.05) is 24.3 Å². The van der Waals surface area contributed by atoms with Crippen molar-refractivity contribution in [2.45, 2.75) is 0 Å². The first-order valence-electron chi connectivity index (χ1n) is 2.53. The van der Waals surface area contributed by atoms with Crippen molar-refractivity contribution >= 4 is 27.5 Å².